The number of hydrogen-bond acceptors (Lipinski definition) is 5. The van der Waals surface area contributed by atoms with E-state index in [0.717, 1.165) is 25.7 Å². The summed E-state index contributed by atoms with van der Waals surface area (Å²) < 4.78 is 1.33. The molecule has 2 saturated heterocycles. The van der Waals surface area contributed by atoms with E-state index in [1.54, 1.807) is 23.1 Å². The average Bonchev–Trinajstić information content (AvgIpc) is 2.81. The molecule has 1 aliphatic carbocycles. The van der Waals surface area contributed by atoms with Gasteiger partial charge in [-0.1, -0.05) is 25.0 Å². The third kappa shape index (κ3) is 3.65. The lowest BCUT2D eigenvalue weighted by Crippen LogP contribution is -2.64. The largest absolute Gasteiger partial charge is 0.341 e. The minimum atomic E-state index is -0.295. The molecule has 0 spiro atoms. The number of amides is 4. The first-order valence-corrected chi connectivity index (χ1v) is 11.4. The summed E-state index contributed by atoms with van der Waals surface area (Å²) in [5.74, 6) is -0.338. The van der Waals surface area contributed by atoms with E-state index in [-0.39, 0.29) is 48.0 Å². The Bertz CT molecular complexity index is 1120. The molecular weight excluding hydrogens is 410 g/mol. The van der Waals surface area contributed by atoms with Crippen LogP contribution in [0.5, 0.6) is 0 Å². The number of carbonyl (C=O) groups excluding carboxylic acids is 3. The van der Waals surface area contributed by atoms with Crippen molar-refractivity contribution in [3.05, 3.63) is 40.9 Å². The summed E-state index contributed by atoms with van der Waals surface area (Å²) in [6.45, 7) is 0.822. The van der Waals surface area contributed by atoms with Gasteiger partial charge in [-0.05, 0) is 37.8 Å². The van der Waals surface area contributed by atoms with E-state index in [9.17, 15) is 19.2 Å². The average molecular weight is 438 g/mol. The number of carbonyl (C=O) groups is 3. The molecular formula is C23H27N5O4. The van der Waals surface area contributed by atoms with E-state index in [0.29, 0.717) is 36.8 Å². The van der Waals surface area contributed by atoms with E-state index in [2.05, 4.69) is 10.3 Å². The Kier molecular flexibility index (Phi) is 5.40. The normalized spacial score (nSPS) is 24.4. The number of nitrogens with one attached hydrogen (secondary N) is 1. The summed E-state index contributed by atoms with van der Waals surface area (Å²) >= 11 is 0. The number of rotatable bonds is 3. The van der Waals surface area contributed by atoms with E-state index in [1.165, 1.54) is 15.8 Å². The van der Waals surface area contributed by atoms with Gasteiger partial charge in [0.15, 0.2) is 0 Å². The molecule has 1 aromatic heterocycles. The van der Waals surface area contributed by atoms with Crippen LogP contribution in [-0.2, 0) is 16.1 Å². The minimum Gasteiger partial charge on any atom is -0.341 e. The van der Waals surface area contributed by atoms with Crippen LogP contribution in [0.3, 0.4) is 0 Å². The van der Waals surface area contributed by atoms with E-state index >= 15 is 0 Å². The van der Waals surface area contributed by atoms with E-state index in [4.69, 9.17) is 0 Å². The minimum absolute atomic E-state index is 0.0319. The summed E-state index contributed by atoms with van der Waals surface area (Å²) in [6.07, 6.45) is 6.27. The molecule has 1 N–H and O–H groups in total. The fourth-order valence-corrected chi connectivity index (χ4v) is 5.29. The maximum Gasteiger partial charge on any atom is 0.324 e. The van der Waals surface area contributed by atoms with Gasteiger partial charge in [0.1, 0.15) is 6.54 Å². The number of hydrogen-bond donors (Lipinski definition) is 1. The number of benzene rings is 1. The van der Waals surface area contributed by atoms with Crippen molar-refractivity contribution in [2.45, 2.75) is 57.2 Å². The Morgan fingerprint density at radius 2 is 1.78 bits per heavy atom. The van der Waals surface area contributed by atoms with Crippen LogP contribution >= 0.6 is 0 Å². The zero-order valence-electron chi connectivity index (χ0n) is 17.9. The molecule has 2 unspecified atom stereocenters. The molecule has 2 aliphatic heterocycles. The number of fused-ring (bicyclic) bond motifs is 2. The molecule has 9 heteroatoms. The lowest BCUT2D eigenvalue weighted by Gasteiger charge is -2.45. The summed E-state index contributed by atoms with van der Waals surface area (Å²) in [5, 5.41) is 3.51. The number of piperidine rings is 1. The van der Waals surface area contributed by atoms with Crippen molar-refractivity contribution in [1.82, 2.24) is 24.7 Å². The van der Waals surface area contributed by atoms with Crippen LogP contribution in [0.1, 0.15) is 38.5 Å². The van der Waals surface area contributed by atoms with Gasteiger partial charge in [0.05, 0.1) is 23.1 Å². The highest BCUT2D eigenvalue weighted by Crippen LogP contribution is 2.31. The van der Waals surface area contributed by atoms with Gasteiger partial charge in [0, 0.05) is 25.2 Å². The lowest BCUT2D eigenvalue weighted by atomic mass is 9.81. The molecule has 168 valence electrons. The van der Waals surface area contributed by atoms with Gasteiger partial charge in [-0.25, -0.2) is 9.78 Å². The van der Waals surface area contributed by atoms with Gasteiger partial charge >= 0.3 is 6.03 Å². The summed E-state index contributed by atoms with van der Waals surface area (Å²) in [6, 6.07) is 6.54. The topological polar surface area (TPSA) is 105 Å². The molecule has 3 fully saturated rings. The monoisotopic (exact) mass is 437 g/mol. The van der Waals surface area contributed by atoms with E-state index in [1.807, 2.05) is 6.07 Å². The van der Waals surface area contributed by atoms with Crippen LogP contribution in [0.25, 0.3) is 10.9 Å². The SMILES string of the molecule is O=C(Cn1cnc2ccccc2c1=O)N1CCC(N2C(=O)NC3CCCCC3C2=O)CC1. The molecule has 2 aromatic rings. The van der Waals surface area contributed by atoms with Crippen LogP contribution in [0.4, 0.5) is 4.79 Å². The number of likely N-dealkylation sites (tertiary alicyclic amines) is 1. The third-order valence-corrected chi connectivity index (χ3v) is 7.07. The van der Waals surface area contributed by atoms with Crippen LogP contribution in [0, 0.1) is 5.92 Å². The number of imide groups is 1. The quantitative estimate of drug-likeness (QED) is 0.784. The number of urea groups is 1. The number of aromatic nitrogens is 2. The highest BCUT2D eigenvalue weighted by molar-refractivity contribution is 5.99. The first-order valence-electron chi connectivity index (χ1n) is 11.4. The Balaban J connectivity index is 1.22. The molecule has 2 atom stereocenters. The van der Waals surface area contributed by atoms with Gasteiger partial charge in [0.25, 0.3) is 5.56 Å². The van der Waals surface area contributed by atoms with Crippen molar-refractivity contribution in [2.24, 2.45) is 5.92 Å². The first kappa shape index (κ1) is 20.7. The van der Waals surface area contributed by atoms with Crippen molar-refractivity contribution < 1.29 is 14.4 Å². The number of nitrogens with zero attached hydrogens (tertiary/aromatic N) is 4. The number of para-hydroxylation sites is 1. The summed E-state index contributed by atoms with van der Waals surface area (Å²) in [7, 11) is 0. The molecule has 32 heavy (non-hydrogen) atoms. The van der Waals surface area contributed by atoms with Crippen molar-refractivity contribution in [1.29, 1.82) is 0 Å². The second kappa shape index (κ2) is 8.37. The van der Waals surface area contributed by atoms with Gasteiger partial charge in [0.2, 0.25) is 11.8 Å². The molecule has 0 bridgehead atoms. The molecule has 1 aromatic carbocycles. The zero-order chi connectivity index (χ0) is 22.2. The van der Waals surface area contributed by atoms with Crippen molar-refractivity contribution in [3.8, 4) is 0 Å². The summed E-state index contributed by atoms with van der Waals surface area (Å²) in [5.41, 5.74) is 0.364. The maximum atomic E-state index is 13.0. The lowest BCUT2D eigenvalue weighted by molar-refractivity contribution is -0.140. The van der Waals surface area contributed by atoms with Gasteiger partial charge in [-0.2, -0.15) is 0 Å². The van der Waals surface area contributed by atoms with E-state index < -0.39 is 0 Å². The molecule has 3 heterocycles. The Labute approximate surface area is 185 Å². The smallest absolute Gasteiger partial charge is 0.324 e. The van der Waals surface area contributed by atoms with Crippen molar-refractivity contribution in [3.63, 3.8) is 0 Å². The summed E-state index contributed by atoms with van der Waals surface area (Å²) in [4.78, 5) is 58.5. The maximum absolute atomic E-state index is 13.0. The van der Waals surface area contributed by atoms with Crippen molar-refractivity contribution in [2.75, 3.05) is 13.1 Å². The predicted molar refractivity (Wildman–Crippen MR) is 117 cm³/mol. The molecule has 3 aliphatic rings. The Morgan fingerprint density at radius 1 is 1.03 bits per heavy atom. The zero-order valence-corrected chi connectivity index (χ0v) is 17.9. The van der Waals surface area contributed by atoms with Crippen LogP contribution < -0.4 is 10.9 Å². The molecule has 9 nitrogen and oxygen atoms in total. The molecule has 1 saturated carbocycles. The predicted octanol–water partition coefficient (Wildman–Crippen LogP) is 1.50. The molecule has 5 rings (SSSR count). The van der Waals surface area contributed by atoms with Crippen molar-refractivity contribution >= 4 is 28.7 Å². The van der Waals surface area contributed by atoms with Crippen LogP contribution in [0.2, 0.25) is 0 Å². The van der Waals surface area contributed by atoms with Gasteiger partial charge in [-0.15, -0.1) is 0 Å². The highest BCUT2D eigenvalue weighted by Gasteiger charge is 2.45. The Hall–Kier alpha value is -3.23. The fourth-order valence-electron chi connectivity index (χ4n) is 5.29. The van der Waals surface area contributed by atoms with Crippen LogP contribution in [-0.4, -0.2) is 62.4 Å². The third-order valence-electron chi connectivity index (χ3n) is 7.07. The highest BCUT2D eigenvalue weighted by atomic mass is 16.2. The second-order valence-corrected chi connectivity index (χ2v) is 8.96. The van der Waals surface area contributed by atoms with Gasteiger partial charge in [-0.3, -0.25) is 23.9 Å². The second-order valence-electron chi connectivity index (χ2n) is 8.96. The molecule has 0 radical (unpaired) electrons. The van der Waals surface area contributed by atoms with Crippen LogP contribution in [0.15, 0.2) is 35.4 Å². The molecule has 4 amide bonds. The standard InChI is InChI=1S/C23H27N5O4/c29-20(13-27-14-24-18-7-3-1-5-16(18)21(27)30)26-11-9-15(10-12-26)28-22(31)17-6-2-4-8-19(17)25-23(28)32/h1,3,5,7,14-15,17,19H,2,4,6,8-13H2,(H,25,32). The fraction of sp³-hybridized carbons (Fsp3) is 0.522. The van der Waals surface area contributed by atoms with Gasteiger partial charge < -0.3 is 10.2 Å². The Morgan fingerprint density at radius 3 is 2.59 bits per heavy atom. The first-order chi connectivity index (χ1) is 15.5.